The molecule has 4 heterocycles. The van der Waals surface area contributed by atoms with Crippen LogP contribution in [-0.4, -0.2) is 152 Å². The van der Waals surface area contributed by atoms with Crippen LogP contribution < -0.4 is 5.32 Å². The Bertz CT molecular complexity index is 2030. The van der Waals surface area contributed by atoms with E-state index in [2.05, 4.69) is 64.9 Å². The predicted molar refractivity (Wildman–Crippen MR) is 256 cm³/mol. The van der Waals surface area contributed by atoms with Gasteiger partial charge in [0.25, 0.3) is 0 Å². The number of amides is 1. The molecule has 9 N–H and O–H groups in total. The first-order valence-electron chi connectivity index (χ1n) is 26.2. The maximum Gasteiger partial charge on any atom is 0.226 e. The largest absolute Gasteiger partial charge is 0.394 e. The van der Waals surface area contributed by atoms with Gasteiger partial charge in [0.15, 0.2) is 18.9 Å². The number of aliphatic hydroxyl groups excluding tert-OH is 8. The molecule has 0 spiro atoms. The monoisotopic (exact) mass is 1010 g/mol. The molecule has 1 amide bonds. The van der Waals surface area contributed by atoms with Crippen molar-refractivity contribution in [2.45, 2.75) is 224 Å². The van der Waals surface area contributed by atoms with Gasteiger partial charge in [-0.3, -0.25) is 4.79 Å². The van der Waals surface area contributed by atoms with Crippen molar-refractivity contribution in [1.29, 1.82) is 0 Å². The summed E-state index contributed by atoms with van der Waals surface area (Å²) in [6.45, 7) is 21.7. The minimum Gasteiger partial charge on any atom is -0.394 e. The second-order valence-corrected chi connectivity index (χ2v) is 25.4. The van der Waals surface area contributed by atoms with Crippen molar-refractivity contribution in [1.82, 2.24) is 5.32 Å². The first kappa shape index (κ1) is 53.2. The molecule has 16 nitrogen and oxygen atoms in total. The van der Waals surface area contributed by atoms with E-state index >= 15 is 0 Å². The maximum atomic E-state index is 14.6. The molecule has 5 aliphatic carbocycles. The summed E-state index contributed by atoms with van der Waals surface area (Å²) in [5.41, 5.74) is 0.330. The minimum absolute atomic E-state index is 0.0116. The lowest BCUT2D eigenvalue weighted by Crippen LogP contribution is -2.68. The highest BCUT2D eigenvalue weighted by molar-refractivity contribution is 7.09. The van der Waals surface area contributed by atoms with Gasteiger partial charge in [0.1, 0.15) is 61.0 Å². The van der Waals surface area contributed by atoms with Gasteiger partial charge in [0.2, 0.25) is 5.91 Å². The summed E-state index contributed by atoms with van der Waals surface area (Å²) in [4.78, 5) is 15.8. The van der Waals surface area contributed by atoms with Crippen LogP contribution in [0.3, 0.4) is 0 Å². The molecule has 1 aromatic heterocycles. The van der Waals surface area contributed by atoms with Gasteiger partial charge >= 0.3 is 0 Å². The number of hydrogen-bond donors (Lipinski definition) is 9. The minimum atomic E-state index is -1.73. The summed E-state index contributed by atoms with van der Waals surface area (Å²) in [5, 5.41) is 92.6. The Morgan fingerprint density at radius 3 is 1.96 bits per heavy atom. The highest BCUT2D eigenvalue weighted by Crippen LogP contribution is 2.77. The van der Waals surface area contributed by atoms with E-state index in [0.29, 0.717) is 30.7 Å². The second-order valence-electron chi connectivity index (χ2n) is 24.4. The molecule has 1 aromatic rings. The Morgan fingerprint density at radius 2 is 1.36 bits per heavy atom. The van der Waals surface area contributed by atoms with Crippen LogP contribution in [-0.2, 0) is 39.8 Å². The zero-order valence-electron chi connectivity index (χ0n) is 42.4. The Labute approximate surface area is 417 Å². The first-order valence-corrected chi connectivity index (χ1v) is 27.1. The van der Waals surface area contributed by atoms with Crippen LogP contribution in [0.25, 0.3) is 0 Å². The van der Waals surface area contributed by atoms with Gasteiger partial charge in [0.05, 0.1) is 36.9 Å². The van der Waals surface area contributed by atoms with Crippen molar-refractivity contribution in [3.8, 4) is 0 Å². The van der Waals surface area contributed by atoms with Crippen LogP contribution in [0.15, 0.2) is 29.7 Å². The smallest absolute Gasteiger partial charge is 0.226 e. The van der Waals surface area contributed by atoms with Crippen molar-refractivity contribution in [2.75, 3.05) is 6.61 Å². The third kappa shape index (κ3) is 8.43. The van der Waals surface area contributed by atoms with Crippen molar-refractivity contribution in [3.05, 3.63) is 34.5 Å². The molecule has 9 rings (SSSR count). The third-order valence-corrected chi connectivity index (χ3v) is 21.6. The summed E-state index contributed by atoms with van der Waals surface area (Å²) in [5.74, 6) is 1.80. The number of rotatable bonds is 11. The van der Waals surface area contributed by atoms with E-state index in [0.717, 1.165) is 57.8 Å². The van der Waals surface area contributed by atoms with Crippen LogP contribution in [0.2, 0.25) is 0 Å². The summed E-state index contributed by atoms with van der Waals surface area (Å²) < 4.78 is 37.4. The number of allylic oxidation sites excluding steroid dienone is 1. The molecule has 3 aliphatic heterocycles. The Balaban J connectivity index is 0.961. The van der Waals surface area contributed by atoms with E-state index in [1.165, 1.54) is 24.3 Å². The summed E-state index contributed by atoms with van der Waals surface area (Å²) in [6.07, 6.45) is -12.8. The molecule has 8 aliphatic rings. The third-order valence-electron chi connectivity index (χ3n) is 20.8. The average Bonchev–Trinajstić information content (AvgIpc) is 4.00. The number of aliphatic hydroxyl groups is 8. The van der Waals surface area contributed by atoms with Gasteiger partial charge in [0, 0.05) is 4.88 Å². The first-order chi connectivity index (χ1) is 32.9. The summed E-state index contributed by atoms with van der Waals surface area (Å²) in [6, 6.07) is 4.12. The number of nitrogens with one attached hydrogen (secondary N) is 1. The number of carbonyl (C=O) groups is 1. The molecule has 3 saturated heterocycles. The molecule has 0 bridgehead atoms. The van der Waals surface area contributed by atoms with Crippen molar-refractivity contribution in [3.63, 3.8) is 0 Å². The van der Waals surface area contributed by atoms with Gasteiger partial charge in [-0.05, 0) is 148 Å². The SMILES string of the molecule is C=C(C)[C@@H]1CC[C@]2(C(=O)NCc3cccs3)CC[C@]3(C)[C@H](CC[C@@H]4[C@@]5(C)CC[C@H](O[C@@H]6O[C@H](CO)[C@@H](O[C@@H]7O[C@@H](C)[C@H](O)[C@@H](O)[C@H]7O)[C@H](O)[C@H]6O[C@@H]6O[C@@H](C)[C@H](O)[C@@H](O)[C@H]6O)C(C)(C)[C@@H]5CC[C@]43C)[C@@H]12. The maximum absolute atomic E-state index is 14.6. The summed E-state index contributed by atoms with van der Waals surface area (Å²) in [7, 11) is 0. The van der Waals surface area contributed by atoms with Gasteiger partial charge in [-0.1, -0.05) is 52.8 Å². The zero-order valence-corrected chi connectivity index (χ0v) is 43.2. The van der Waals surface area contributed by atoms with Crippen molar-refractivity contribution >= 4 is 17.2 Å². The number of thiophene rings is 1. The van der Waals surface area contributed by atoms with Crippen LogP contribution >= 0.6 is 11.3 Å². The molecule has 25 atom stereocenters. The fourth-order valence-corrected chi connectivity index (χ4v) is 17.3. The Hall–Kier alpha value is -1.65. The summed E-state index contributed by atoms with van der Waals surface area (Å²) >= 11 is 1.68. The predicted octanol–water partition coefficient (Wildman–Crippen LogP) is 3.91. The van der Waals surface area contributed by atoms with Gasteiger partial charge in [-0.15, -0.1) is 11.3 Å². The quantitative estimate of drug-likeness (QED) is 0.113. The molecule has 0 aromatic carbocycles. The number of ether oxygens (including phenoxy) is 6. The van der Waals surface area contributed by atoms with E-state index < -0.39 is 116 Å². The van der Waals surface area contributed by atoms with Gasteiger partial charge < -0.3 is 74.6 Å². The van der Waals surface area contributed by atoms with Crippen molar-refractivity contribution < 1.29 is 74.1 Å². The fraction of sp³-hybridized carbons (Fsp3) is 0.868. The average molecular weight is 1010 g/mol. The zero-order chi connectivity index (χ0) is 50.6. The van der Waals surface area contributed by atoms with E-state index in [-0.39, 0.29) is 34.0 Å². The standard InChI is InChI=1S/C53H83NO15S/c1-25(2)29-14-19-53(48(63)54-23-28-11-10-22-70-28)21-20-51(8)30(35(29)53)12-13-33-50(7)17-16-34(49(5,6)32(50)15-18-52(33,51)9)67-47-44(69-46-41(61)39(59)37(57)27(4)65-46)42(62)43(31(24-55)66-47)68-45-40(60)38(58)36(56)26(3)64-45/h10-11,22,26-27,29-47,55-62H,1,12-21,23-24H2,2-9H3,(H,54,63)/t26-,27-,29-,30+,31+,32-,33+,34-,35+,36-,37-,38+,39+,40+,41+,42-,43+,44+,45-,46-,47-,50-,51+,52+,53-/m0/s1. The fourth-order valence-electron chi connectivity index (χ4n) is 16.7. The Kier molecular flexibility index (Phi) is 14.8. The lowest BCUT2D eigenvalue weighted by atomic mass is 9.32. The number of fused-ring (bicyclic) bond motifs is 7. The molecule has 0 unspecified atom stereocenters. The molecule has 5 saturated carbocycles. The lowest BCUT2D eigenvalue weighted by molar-refractivity contribution is -0.393. The van der Waals surface area contributed by atoms with E-state index in [4.69, 9.17) is 28.4 Å². The normalized spacial score (nSPS) is 52.1. The molecule has 17 heteroatoms. The lowest BCUT2D eigenvalue weighted by Gasteiger charge is -2.73. The highest BCUT2D eigenvalue weighted by atomic mass is 32.1. The Morgan fingerprint density at radius 1 is 0.714 bits per heavy atom. The van der Waals surface area contributed by atoms with Crippen LogP contribution in [0.5, 0.6) is 0 Å². The molecule has 8 fully saturated rings. The van der Waals surface area contributed by atoms with Crippen LogP contribution in [0, 0.1) is 56.7 Å². The van der Waals surface area contributed by atoms with Gasteiger partial charge in [-0.25, -0.2) is 0 Å². The molecular weight excluding hydrogens is 923 g/mol. The van der Waals surface area contributed by atoms with Crippen LogP contribution in [0.4, 0.5) is 0 Å². The molecule has 396 valence electrons. The van der Waals surface area contributed by atoms with Crippen LogP contribution in [0.1, 0.15) is 124 Å². The molecule has 0 radical (unpaired) electrons. The topological polar surface area (TPSA) is 246 Å². The van der Waals surface area contributed by atoms with E-state index in [9.17, 15) is 45.6 Å². The number of carbonyl (C=O) groups excluding carboxylic acids is 1. The van der Waals surface area contributed by atoms with Gasteiger partial charge in [-0.2, -0.15) is 0 Å². The highest BCUT2D eigenvalue weighted by Gasteiger charge is 2.72. The number of hydrogen-bond acceptors (Lipinski definition) is 16. The molecular formula is C53H83NO15S. The second kappa shape index (κ2) is 19.5. The van der Waals surface area contributed by atoms with E-state index in [1.807, 2.05) is 6.07 Å². The van der Waals surface area contributed by atoms with Crippen molar-refractivity contribution in [2.24, 2.45) is 56.7 Å². The molecule has 70 heavy (non-hydrogen) atoms. The van der Waals surface area contributed by atoms with E-state index in [1.54, 1.807) is 11.3 Å².